The van der Waals surface area contributed by atoms with Gasteiger partial charge in [0.15, 0.2) is 0 Å². The largest absolute Gasteiger partial charge is 0.444 e. The van der Waals surface area contributed by atoms with Crippen LogP contribution in [0.3, 0.4) is 0 Å². The van der Waals surface area contributed by atoms with Crippen LogP contribution in [0.25, 0.3) is 10.8 Å². The van der Waals surface area contributed by atoms with Gasteiger partial charge in [-0.25, -0.2) is 5.10 Å². The summed E-state index contributed by atoms with van der Waals surface area (Å²) < 4.78 is 5.58. The Balaban J connectivity index is 1.68. The minimum absolute atomic E-state index is 0.0487. The normalized spacial score (nSPS) is 11.2. The molecule has 0 spiro atoms. The van der Waals surface area contributed by atoms with E-state index in [9.17, 15) is 14.4 Å². The van der Waals surface area contributed by atoms with Crippen LogP contribution in [0.5, 0.6) is 0 Å². The van der Waals surface area contributed by atoms with Crippen molar-refractivity contribution in [2.24, 2.45) is 0 Å². The lowest BCUT2D eigenvalue weighted by Crippen LogP contribution is -2.38. The summed E-state index contributed by atoms with van der Waals surface area (Å²) in [5.74, 6) is -0.283. The molecule has 0 unspecified atom stereocenters. The van der Waals surface area contributed by atoms with E-state index in [2.05, 4.69) is 20.8 Å². The molecule has 0 saturated carbocycles. The fourth-order valence-electron chi connectivity index (χ4n) is 3.18. The van der Waals surface area contributed by atoms with Gasteiger partial charge in [-0.3, -0.25) is 24.6 Å². The first kappa shape index (κ1) is 22.8. The van der Waals surface area contributed by atoms with Gasteiger partial charge in [-0.15, -0.1) is 0 Å². The molecule has 2 heterocycles. The number of aromatic amines is 1. The Morgan fingerprint density at radius 3 is 2.32 bits per heavy atom. The Kier molecular flexibility index (Phi) is 6.99. The van der Waals surface area contributed by atoms with E-state index in [0.29, 0.717) is 39.1 Å². The molecule has 9 nitrogen and oxygen atoms in total. The molecular weight excluding hydrogens is 445 g/mol. The van der Waals surface area contributed by atoms with Crippen LogP contribution in [0.4, 0.5) is 11.6 Å². The van der Waals surface area contributed by atoms with Crippen LogP contribution in [0.15, 0.2) is 27.4 Å². The lowest BCUT2D eigenvalue weighted by Gasteiger charge is -2.19. The van der Waals surface area contributed by atoms with Crippen molar-refractivity contribution in [2.75, 3.05) is 30.3 Å². The number of para-hydroxylation sites is 1. The molecule has 0 aliphatic heterocycles. The lowest BCUT2D eigenvalue weighted by atomic mass is 10.2. The number of anilines is 2. The zero-order valence-electron chi connectivity index (χ0n) is 17.1. The molecule has 31 heavy (non-hydrogen) atoms. The Morgan fingerprint density at radius 1 is 1.10 bits per heavy atom. The molecule has 2 aromatic heterocycles. The van der Waals surface area contributed by atoms with Gasteiger partial charge in [0.1, 0.15) is 11.1 Å². The van der Waals surface area contributed by atoms with Gasteiger partial charge < -0.3 is 9.73 Å². The zero-order valence-corrected chi connectivity index (χ0v) is 18.6. The minimum Gasteiger partial charge on any atom is -0.444 e. The first-order valence-electron chi connectivity index (χ1n) is 9.45. The van der Waals surface area contributed by atoms with Crippen molar-refractivity contribution in [3.63, 3.8) is 0 Å². The number of furan rings is 1. The molecule has 0 fully saturated rings. The monoisotopic (exact) mass is 465 g/mol. The minimum atomic E-state index is -0.462. The second-order valence-corrected chi connectivity index (χ2v) is 7.69. The number of H-pyrrole nitrogens is 1. The van der Waals surface area contributed by atoms with Crippen molar-refractivity contribution in [3.05, 3.63) is 50.1 Å². The van der Waals surface area contributed by atoms with Crippen LogP contribution in [0.1, 0.15) is 18.4 Å². The summed E-state index contributed by atoms with van der Waals surface area (Å²) in [6, 6.07) is 4.90. The standard InChI is InChI=1S/C20H21Cl2N5O4/c1-4-27(8-14(28)23-18-12(21)6-5-7-13(18)22)9-15(29)24-20-17-16(11(3)31-20)10(2)25-26-19(17)30/h5-7H,4,8-9H2,1-3H3,(H,23,28)(H,24,29)(H,26,30). The summed E-state index contributed by atoms with van der Waals surface area (Å²) in [6.07, 6.45) is 0. The number of carbonyl (C=O) groups excluding carboxylic acids is 2. The number of hydrogen-bond donors (Lipinski definition) is 3. The highest BCUT2D eigenvalue weighted by molar-refractivity contribution is 6.39. The number of nitrogens with zero attached hydrogens (tertiary/aromatic N) is 2. The van der Waals surface area contributed by atoms with E-state index in [1.54, 1.807) is 36.9 Å². The average Bonchev–Trinajstić information content (AvgIpc) is 3.04. The number of benzene rings is 1. The van der Waals surface area contributed by atoms with Gasteiger partial charge in [-0.05, 0) is 32.5 Å². The summed E-state index contributed by atoms with van der Waals surface area (Å²) in [4.78, 5) is 38.8. The Morgan fingerprint density at radius 2 is 1.71 bits per heavy atom. The smallest absolute Gasteiger partial charge is 0.277 e. The number of fused-ring (bicyclic) bond motifs is 1. The number of hydrogen-bond acceptors (Lipinski definition) is 6. The third-order valence-corrected chi connectivity index (χ3v) is 5.29. The number of likely N-dealkylation sites (N-methyl/N-ethyl adjacent to an activating group) is 1. The van der Waals surface area contributed by atoms with Gasteiger partial charge in [0.05, 0.1) is 39.9 Å². The van der Waals surface area contributed by atoms with E-state index >= 15 is 0 Å². The molecule has 0 saturated heterocycles. The maximum Gasteiger partial charge on any atom is 0.277 e. The fourth-order valence-corrected chi connectivity index (χ4v) is 3.67. The van der Waals surface area contributed by atoms with Gasteiger partial charge in [0.25, 0.3) is 5.56 Å². The van der Waals surface area contributed by atoms with Crippen molar-refractivity contribution in [2.45, 2.75) is 20.8 Å². The second-order valence-electron chi connectivity index (χ2n) is 6.87. The molecule has 3 aromatic rings. The van der Waals surface area contributed by atoms with Gasteiger partial charge in [0.2, 0.25) is 17.7 Å². The molecule has 3 N–H and O–H groups in total. The number of halogens is 2. The predicted molar refractivity (Wildman–Crippen MR) is 120 cm³/mol. The van der Waals surface area contributed by atoms with Gasteiger partial charge in [-0.1, -0.05) is 36.2 Å². The Bertz CT molecular complexity index is 1180. The van der Waals surface area contributed by atoms with Crippen LogP contribution < -0.4 is 16.2 Å². The molecule has 0 aliphatic carbocycles. The number of nitrogens with one attached hydrogen (secondary N) is 3. The number of carbonyl (C=O) groups is 2. The summed E-state index contributed by atoms with van der Waals surface area (Å²) >= 11 is 12.1. The first-order valence-corrected chi connectivity index (χ1v) is 10.2. The van der Waals surface area contributed by atoms with E-state index in [4.69, 9.17) is 27.6 Å². The lowest BCUT2D eigenvalue weighted by molar-refractivity contribution is -0.120. The van der Waals surface area contributed by atoms with Gasteiger partial charge in [-0.2, -0.15) is 5.10 Å². The van der Waals surface area contributed by atoms with Crippen LogP contribution in [0.2, 0.25) is 10.0 Å². The van der Waals surface area contributed by atoms with Crippen molar-refractivity contribution >= 4 is 57.4 Å². The molecule has 0 radical (unpaired) electrons. The van der Waals surface area contributed by atoms with E-state index < -0.39 is 11.5 Å². The molecule has 1 aromatic carbocycles. The summed E-state index contributed by atoms with van der Waals surface area (Å²) in [5, 5.41) is 13.0. The molecule has 164 valence electrons. The third kappa shape index (κ3) is 5.07. The molecule has 3 rings (SSSR count). The van der Waals surface area contributed by atoms with Crippen molar-refractivity contribution in [1.29, 1.82) is 0 Å². The van der Waals surface area contributed by atoms with E-state index in [-0.39, 0.29) is 30.3 Å². The number of rotatable bonds is 7. The highest BCUT2D eigenvalue weighted by atomic mass is 35.5. The predicted octanol–water partition coefficient (Wildman–Crippen LogP) is 3.34. The number of aromatic nitrogens is 2. The first-order chi connectivity index (χ1) is 14.7. The van der Waals surface area contributed by atoms with E-state index in [0.717, 1.165) is 0 Å². The van der Waals surface area contributed by atoms with E-state index in [1.807, 2.05) is 6.92 Å². The number of aryl methyl sites for hydroxylation is 2. The van der Waals surface area contributed by atoms with Crippen molar-refractivity contribution in [1.82, 2.24) is 15.1 Å². The molecule has 11 heteroatoms. The second kappa shape index (κ2) is 9.51. The highest BCUT2D eigenvalue weighted by Gasteiger charge is 2.20. The van der Waals surface area contributed by atoms with Gasteiger partial charge in [0, 0.05) is 0 Å². The van der Waals surface area contributed by atoms with Crippen molar-refractivity contribution < 1.29 is 14.0 Å². The Labute approximate surface area is 187 Å². The fraction of sp³-hybridized carbons (Fsp3) is 0.300. The van der Waals surface area contributed by atoms with E-state index in [1.165, 1.54) is 0 Å². The summed E-state index contributed by atoms with van der Waals surface area (Å²) in [6.45, 7) is 5.51. The maximum atomic E-state index is 12.6. The molecule has 0 bridgehead atoms. The average molecular weight is 466 g/mol. The maximum absolute atomic E-state index is 12.6. The van der Waals surface area contributed by atoms with Gasteiger partial charge >= 0.3 is 0 Å². The quantitative estimate of drug-likeness (QED) is 0.491. The van der Waals surface area contributed by atoms with Crippen LogP contribution >= 0.6 is 23.2 Å². The van der Waals surface area contributed by atoms with Crippen molar-refractivity contribution in [3.8, 4) is 0 Å². The summed E-state index contributed by atoms with van der Waals surface area (Å²) in [5.41, 5.74) is 0.439. The molecule has 0 atom stereocenters. The molecular formula is C20H21Cl2N5O4. The zero-order chi connectivity index (χ0) is 22.7. The highest BCUT2D eigenvalue weighted by Crippen LogP contribution is 2.30. The third-order valence-electron chi connectivity index (χ3n) is 4.66. The Hall–Kier alpha value is -2.88. The van der Waals surface area contributed by atoms with Crippen LogP contribution in [-0.4, -0.2) is 46.5 Å². The summed E-state index contributed by atoms with van der Waals surface area (Å²) in [7, 11) is 0. The van der Waals surface area contributed by atoms with Crippen LogP contribution in [-0.2, 0) is 9.59 Å². The topological polar surface area (TPSA) is 120 Å². The molecule has 2 amide bonds. The SMILES string of the molecule is CCN(CC(=O)Nc1c(Cl)cccc1Cl)CC(=O)Nc1oc(C)c2c(C)n[nH]c(=O)c12. The van der Waals surface area contributed by atoms with Crippen LogP contribution in [0, 0.1) is 13.8 Å². The number of amides is 2. The molecule has 0 aliphatic rings.